The maximum Gasteiger partial charge on any atom is 0.230 e. The maximum absolute atomic E-state index is 11.6. The summed E-state index contributed by atoms with van der Waals surface area (Å²) in [6.07, 6.45) is 1.85. The number of aliphatic hydroxyl groups is 1. The maximum atomic E-state index is 11.6. The number of thioether (sulfide) groups is 1. The summed E-state index contributed by atoms with van der Waals surface area (Å²) in [5.41, 5.74) is 1.17. The number of rotatable bonds is 9. The molecule has 5 heteroatoms. The second-order valence-corrected chi connectivity index (χ2v) is 6.32. The molecule has 112 valence electrons. The lowest BCUT2D eigenvalue weighted by atomic mass is 10.1. The van der Waals surface area contributed by atoms with Gasteiger partial charge < -0.3 is 10.4 Å². The molecule has 0 aromatic heterocycles. The van der Waals surface area contributed by atoms with E-state index in [1.807, 2.05) is 31.2 Å². The minimum atomic E-state index is 0.0700. The Morgan fingerprint density at radius 2 is 2.10 bits per heavy atom. The van der Waals surface area contributed by atoms with E-state index in [9.17, 15) is 4.79 Å². The molecule has 1 amide bonds. The topological polar surface area (TPSA) is 49.3 Å². The molecule has 1 unspecified atom stereocenters. The Kier molecular flexibility index (Phi) is 8.74. The van der Waals surface area contributed by atoms with E-state index < -0.39 is 0 Å². The van der Waals surface area contributed by atoms with Gasteiger partial charge in [-0.2, -0.15) is 0 Å². The van der Waals surface area contributed by atoms with Crippen molar-refractivity contribution in [1.82, 2.24) is 5.32 Å². The fraction of sp³-hybridized carbons (Fsp3) is 0.533. The van der Waals surface area contributed by atoms with Crippen molar-refractivity contribution < 1.29 is 9.90 Å². The number of aliphatic hydroxyl groups excluding tert-OH is 1. The molecule has 0 saturated heterocycles. The zero-order chi connectivity index (χ0) is 14.8. The summed E-state index contributed by atoms with van der Waals surface area (Å²) < 4.78 is 0. The van der Waals surface area contributed by atoms with Gasteiger partial charge in [0.05, 0.1) is 5.75 Å². The van der Waals surface area contributed by atoms with Crippen LogP contribution in [0, 0.1) is 5.92 Å². The number of carbonyl (C=O) groups excluding carboxylic acids is 1. The third kappa shape index (κ3) is 7.78. The summed E-state index contributed by atoms with van der Waals surface area (Å²) in [6, 6.07) is 7.67. The largest absolute Gasteiger partial charge is 0.396 e. The molecule has 1 rings (SSSR count). The highest BCUT2D eigenvalue weighted by Gasteiger charge is 2.03. The number of hydrogen-bond donors (Lipinski definition) is 2. The van der Waals surface area contributed by atoms with Crippen molar-refractivity contribution in [2.45, 2.75) is 25.5 Å². The number of benzene rings is 1. The molecule has 1 atom stereocenters. The Hall–Kier alpha value is -0.710. The molecule has 0 spiro atoms. The van der Waals surface area contributed by atoms with Crippen molar-refractivity contribution in [3.63, 3.8) is 0 Å². The van der Waals surface area contributed by atoms with Gasteiger partial charge >= 0.3 is 0 Å². The van der Waals surface area contributed by atoms with Gasteiger partial charge in [-0.15, -0.1) is 11.8 Å². The van der Waals surface area contributed by atoms with E-state index in [0.717, 1.165) is 23.6 Å². The van der Waals surface area contributed by atoms with Crippen molar-refractivity contribution in [1.29, 1.82) is 0 Å². The zero-order valence-corrected chi connectivity index (χ0v) is 13.3. The molecule has 0 aliphatic heterocycles. The van der Waals surface area contributed by atoms with Crippen LogP contribution in [0.3, 0.4) is 0 Å². The highest BCUT2D eigenvalue weighted by Crippen LogP contribution is 2.15. The third-order valence-electron chi connectivity index (χ3n) is 2.92. The van der Waals surface area contributed by atoms with Crippen LogP contribution in [-0.4, -0.2) is 29.9 Å². The van der Waals surface area contributed by atoms with Crippen molar-refractivity contribution in [3.05, 3.63) is 34.9 Å². The number of hydrogen-bond acceptors (Lipinski definition) is 3. The van der Waals surface area contributed by atoms with E-state index in [1.54, 1.807) is 11.8 Å². The monoisotopic (exact) mass is 315 g/mol. The number of amides is 1. The summed E-state index contributed by atoms with van der Waals surface area (Å²) >= 11 is 7.41. The molecule has 0 fully saturated rings. The Morgan fingerprint density at radius 1 is 1.40 bits per heavy atom. The lowest BCUT2D eigenvalue weighted by Gasteiger charge is -2.08. The first-order chi connectivity index (χ1) is 9.61. The first-order valence-electron chi connectivity index (χ1n) is 6.81. The fourth-order valence-electron chi connectivity index (χ4n) is 1.66. The van der Waals surface area contributed by atoms with E-state index in [-0.39, 0.29) is 12.5 Å². The average Bonchev–Trinajstić information content (AvgIpc) is 2.45. The Balaban J connectivity index is 2.07. The summed E-state index contributed by atoms with van der Waals surface area (Å²) in [5.74, 6) is 1.66. The lowest BCUT2D eigenvalue weighted by Crippen LogP contribution is -2.26. The van der Waals surface area contributed by atoms with Crippen LogP contribution in [-0.2, 0) is 10.5 Å². The van der Waals surface area contributed by atoms with Gasteiger partial charge in [0.25, 0.3) is 0 Å². The van der Waals surface area contributed by atoms with E-state index >= 15 is 0 Å². The van der Waals surface area contributed by atoms with Crippen molar-refractivity contribution in [3.8, 4) is 0 Å². The molecule has 0 saturated carbocycles. The lowest BCUT2D eigenvalue weighted by molar-refractivity contribution is -0.118. The first-order valence-corrected chi connectivity index (χ1v) is 8.35. The summed E-state index contributed by atoms with van der Waals surface area (Å²) in [5, 5.41) is 12.5. The van der Waals surface area contributed by atoms with Gasteiger partial charge in [0.1, 0.15) is 0 Å². The van der Waals surface area contributed by atoms with Crippen molar-refractivity contribution in [2.75, 3.05) is 18.9 Å². The summed E-state index contributed by atoms with van der Waals surface area (Å²) in [4.78, 5) is 11.6. The van der Waals surface area contributed by atoms with Crippen LogP contribution in [0.15, 0.2) is 24.3 Å². The van der Waals surface area contributed by atoms with Gasteiger partial charge in [0.2, 0.25) is 5.91 Å². The average molecular weight is 316 g/mol. The van der Waals surface area contributed by atoms with Gasteiger partial charge in [0, 0.05) is 23.9 Å². The molecular weight excluding hydrogens is 294 g/mol. The van der Waals surface area contributed by atoms with Crippen LogP contribution in [0.5, 0.6) is 0 Å². The van der Waals surface area contributed by atoms with Crippen LogP contribution in [0.25, 0.3) is 0 Å². The predicted octanol–water partition coefficient (Wildman–Crippen LogP) is 3.10. The first kappa shape index (κ1) is 17.3. The fourth-order valence-corrected chi connectivity index (χ4v) is 2.61. The highest BCUT2D eigenvalue weighted by molar-refractivity contribution is 7.99. The van der Waals surface area contributed by atoms with Gasteiger partial charge in [0.15, 0.2) is 0 Å². The van der Waals surface area contributed by atoms with Crippen molar-refractivity contribution >= 4 is 29.3 Å². The molecule has 1 aromatic rings. The summed E-state index contributed by atoms with van der Waals surface area (Å²) in [7, 11) is 0. The third-order valence-corrected chi connectivity index (χ3v) is 4.18. The number of carbonyl (C=O) groups is 1. The van der Waals surface area contributed by atoms with Gasteiger partial charge in [-0.1, -0.05) is 30.7 Å². The van der Waals surface area contributed by atoms with Crippen LogP contribution in [0.2, 0.25) is 5.02 Å². The molecule has 0 heterocycles. The molecule has 0 radical (unpaired) electrons. The van der Waals surface area contributed by atoms with Crippen LogP contribution in [0.1, 0.15) is 25.3 Å². The predicted molar refractivity (Wildman–Crippen MR) is 86.1 cm³/mol. The minimum absolute atomic E-state index is 0.0700. The molecule has 20 heavy (non-hydrogen) atoms. The Morgan fingerprint density at radius 3 is 2.75 bits per heavy atom. The molecule has 0 aliphatic carbocycles. The molecule has 2 N–H and O–H groups in total. The second-order valence-electron chi connectivity index (χ2n) is 4.90. The quantitative estimate of drug-likeness (QED) is 0.688. The van der Waals surface area contributed by atoms with Crippen LogP contribution >= 0.6 is 23.4 Å². The van der Waals surface area contributed by atoms with E-state index in [1.165, 1.54) is 5.56 Å². The SMILES string of the molecule is CC(CO)CCCNC(=O)CSCc1ccc(Cl)cc1. The standard InChI is InChI=1S/C15H22ClNO2S/c1-12(9-18)3-2-8-17-15(19)11-20-10-13-4-6-14(16)7-5-13/h4-7,12,18H,2-3,8-11H2,1H3,(H,17,19). The van der Waals surface area contributed by atoms with E-state index in [2.05, 4.69) is 5.32 Å². The number of nitrogens with one attached hydrogen (secondary N) is 1. The van der Waals surface area contributed by atoms with E-state index in [0.29, 0.717) is 18.2 Å². The summed E-state index contributed by atoms with van der Waals surface area (Å²) in [6.45, 7) is 2.90. The van der Waals surface area contributed by atoms with Gasteiger partial charge in [-0.3, -0.25) is 4.79 Å². The minimum Gasteiger partial charge on any atom is -0.396 e. The van der Waals surface area contributed by atoms with Crippen LogP contribution in [0.4, 0.5) is 0 Å². The molecule has 0 aliphatic rings. The molecule has 1 aromatic carbocycles. The Labute approximate surface area is 130 Å². The Bertz CT molecular complexity index is 397. The van der Waals surface area contributed by atoms with Gasteiger partial charge in [-0.05, 0) is 36.5 Å². The van der Waals surface area contributed by atoms with E-state index in [4.69, 9.17) is 16.7 Å². The number of halogens is 1. The van der Waals surface area contributed by atoms with Crippen molar-refractivity contribution in [2.24, 2.45) is 5.92 Å². The second kappa shape index (κ2) is 10.1. The molecule has 3 nitrogen and oxygen atoms in total. The molecule has 0 bridgehead atoms. The smallest absolute Gasteiger partial charge is 0.230 e. The zero-order valence-electron chi connectivity index (χ0n) is 11.8. The van der Waals surface area contributed by atoms with Crippen LogP contribution < -0.4 is 5.32 Å². The molecular formula is C15H22ClNO2S. The normalized spacial score (nSPS) is 12.2. The highest BCUT2D eigenvalue weighted by atomic mass is 35.5. The van der Waals surface area contributed by atoms with Gasteiger partial charge in [-0.25, -0.2) is 0 Å².